The number of nitrogens with zero attached hydrogens (tertiary/aromatic N) is 1. The summed E-state index contributed by atoms with van der Waals surface area (Å²) in [5.41, 5.74) is 2.34. The maximum absolute atomic E-state index is 12.4. The van der Waals surface area contributed by atoms with Crippen LogP contribution in [0.2, 0.25) is 0 Å². The van der Waals surface area contributed by atoms with Gasteiger partial charge >= 0.3 is 0 Å². The molecular formula is C21H25N2O+. The fourth-order valence-electron chi connectivity index (χ4n) is 3.08. The van der Waals surface area contributed by atoms with Gasteiger partial charge in [0, 0.05) is 0 Å². The topological polar surface area (TPSA) is 24.8 Å². The highest BCUT2D eigenvalue weighted by Crippen LogP contribution is 2.03. The van der Waals surface area contributed by atoms with Gasteiger partial charge in [0.25, 0.3) is 0 Å². The van der Waals surface area contributed by atoms with Crippen LogP contribution in [0.1, 0.15) is 11.1 Å². The molecule has 0 bridgehead atoms. The van der Waals surface area contributed by atoms with Crippen LogP contribution >= 0.6 is 0 Å². The predicted molar refractivity (Wildman–Crippen MR) is 97.8 cm³/mol. The van der Waals surface area contributed by atoms with E-state index in [0.29, 0.717) is 6.42 Å². The van der Waals surface area contributed by atoms with E-state index in [1.165, 1.54) is 5.56 Å². The monoisotopic (exact) mass is 321 g/mol. The average Bonchev–Trinajstić information content (AvgIpc) is 2.64. The quantitative estimate of drug-likeness (QED) is 0.890. The minimum absolute atomic E-state index is 0.250. The number of hydrogen-bond acceptors (Lipinski definition) is 1. The second-order valence-corrected chi connectivity index (χ2v) is 6.31. The Morgan fingerprint density at radius 2 is 1.58 bits per heavy atom. The third-order valence-corrected chi connectivity index (χ3v) is 4.54. The van der Waals surface area contributed by atoms with Crippen LogP contribution < -0.4 is 4.90 Å². The van der Waals surface area contributed by atoms with E-state index in [9.17, 15) is 4.79 Å². The van der Waals surface area contributed by atoms with Gasteiger partial charge < -0.3 is 9.80 Å². The molecule has 2 aromatic carbocycles. The van der Waals surface area contributed by atoms with Crippen molar-refractivity contribution in [3.8, 4) is 0 Å². The zero-order valence-corrected chi connectivity index (χ0v) is 14.0. The average molecular weight is 321 g/mol. The summed E-state index contributed by atoms with van der Waals surface area (Å²) in [6, 6.07) is 20.4. The van der Waals surface area contributed by atoms with Gasteiger partial charge in [0.1, 0.15) is 0 Å². The molecule has 3 nitrogen and oxygen atoms in total. The molecule has 1 amide bonds. The number of hydrogen-bond donors (Lipinski definition) is 1. The molecule has 0 unspecified atom stereocenters. The van der Waals surface area contributed by atoms with Crippen LogP contribution in [0.25, 0.3) is 6.08 Å². The molecule has 0 radical (unpaired) electrons. The molecule has 0 aliphatic carbocycles. The Bertz CT molecular complexity index is 659. The van der Waals surface area contributed by atoms with Gasteiger partial charge in [0.05, 0.1) is 39.1 Å². The SMILES string of the molecule is O=C(Cc1ccccc1)N1CC[NH+](CC=Cc2ccccc2)CC1. The van der Waals surface area contributed by atoms with Crippen LogP contribution in [0, 0.1) is 0 Å². The Labute approximate surface area is 144 Å². The molecule has 24 heavy (non-hydrogen) atoms. The largest absolute Gasteiger partial charge is 0.331 e. The van der Waals surface area contributed by atoms with E-state index in [1.807, 2.05) is 41.3 Å². The molecular weight excluding hydrogens is 296 g/mol. The molecule has 1 aliphatic rings. The lowest BCUT2D eigenvalue weighted by Crippen LogP contribution is -3.14. The van der Waals surface area contributed by atoms with Crippen molar-refractivity contribution in [3.63, 3.8) is 0 Å². The first-order valence-electron chi connectivity index (χ1n) is 8.68. The standard InChI is InChI=1S/C21H24N2O/c24-21(18-20-10-5-2-6-11-20)23-16-14-22(15-17-23)13-7-12-19-8-3-1-4-9-19/h1-12H,13-18H2/p+1. The minimum atomic E-state index is 0.250. The van der Waals surface area contributed by atoms with E-state index >= 15 is 0 Å². The number of amides is 1. The molecule has 3 rings (SSSR count). The van der Waals surface area contributed by atoms with Crippen molar-refractivity contribution in [2.75, 3.05) is 32.7 Å². The highest BCUT2D eigenvalue weighted by molar-refractivity contribution is 5.78. The highest BCUT2D eigenvalue weighted by atomic mass is 16.2. The lowest BCUT2D eigenvalue weighted by molar-refractivity contribution is -0.898. The van der Waals surface area contributed by atoms with Crippen LogP contribution in [0.15, 0.2) is 66.7 Å². The molecule has 1 saturated heterocycles. The fraction of sp³-hybridized carbons (Fsp3) is 0.286. The molecule has 0 atom stereocenters. The number of piperazine rings is 1. The van der Waals surface area contributed by atoms with Gasteiger partial charge in [0.2, 0.25) is 5.91 Å². The zero-order valence-electron chi connectivity index (χ0n) is 14.0. The Morgan fingerprint density at radius 1 is 0.958 bits per heavy atom. The molecule has 1 fully saturated rings. The molecule has 3 heteroatoms. The second-order valence-electron chi connectivity index (χ2n) is 6.31. The van der Waals surface area contributed by atoms with Gasteiger partial charge in [0.15, 0.2) is 0 Å². The van der Waals surface area contributed by atoms with Gasteiger partial charge in [-0.25, -0.2) is 0 Å². The summed E-state index contributed by atoms with van der Waals surface area (Å²) < 4.78 is 0. The molecule has 1 N–H and O–H groups in total. The maximum atomic E-state index is 12.4. The van der Waals surface area contributed by atoms with Crippen molar-refractivity contribution in [3.05, 3.63) is 77.9 Å². The molecule has 2 aromatic rings. The molecule has 0 spiro atoms. The fourth-order valence-corrected chi connectivity index (χ4v) is 3.08. The van der Waals surface area contributed by atoms with Crippen molar-refractivity contribution < 1.29 is 9.69 Å². The van der Waals surface area contributed by atoms with E-state index in [2.05, 4.69) is 36.4 Å². The lowest BCUT2D eigenvalue weighted by Gasteiger charge is -2.31. The second kappa shape index (κ2) is 8.46. The highest BCUT2D eigenvalue weighted by Gasteiger charge is 2.22. The van der Waals surface area contributed by atoms with Crippen LogP contribution in [0.5, 0.6) is 0 Å². The molecule has 0 saturated carbocycles. The normalized spacial score (nSPS) is 15.8. The summed E-state index contributed by atoms with van der Waals surface area (Å²) in [5.74, 6) is 0.250. The van der Waals surface area contributed by atoms with Crippen LogP contribution in [-0.4, -0.2) is 43.5 Å². The Morgan fingerprint density at radius 3 is 2.25 bits per heavy atom. The van der Waals surface area contributed by atoms with E-state index in [4.69, 9.17) is 0 Å². The van der Waals surface area contributed by atoms with E-state index in [1.54, 1.807) is 4.90 Å². The smallest absolute Gasteiger partial charge is 0.227 e. The summed E-state index contributed by atoms with van der Waals surface area (Å²) in [6.07, 6.45) is 4.94. The van der Waals surface area contributed by atoms with Crippen LogP contribution in [0.3, 0.4) is 0 Å². The first-order chi connectivity index (χ1) is 11.8. The summed E-state index contributed by atoms with van der Waals surface area (Å²) in [5, 5.41) is 0. The molecule has 1 heterocycles. The van der Waals surface area contributed by atoms with Gasteiger partial charge in [-0.05, 0) is 17.2 Å². The van der Waals surface area contributed by atoms with E-state index in [0.717, 1.165) is 38.3 Å². The van der Waals surface area contributed by atoms with Gasteiger partial charge in [-0.3, -0.25) is 4.79 Å². The van der Waals surface area contributed by atoms with Crippen molar-refractivity contribution in [2.45, 2.75) is 6.42 Å². The third-order valence-electron chi connectivity index (χ3n) is 4.54. The number of quaternary nitrogens is 1. The van der Waals surface area contributed by atoms with Gasteiger partial charge in [-0.15, -0.1) is 0 Å². The predicted octanol–water partition coefficient (Wildman–Crippen LogP) is 1.67. The van der Waals surface area contributed by atoms with Crippen LogP contribution in [-0.2, 0) is 11.2 Å². The maximum Gasteiger partial charge on any atom is 0.227 e. The Hall–Kier alpha value is -2.39. The van der Waals surface area contributed by atoms with Crippen molar-refractivity contribution >= 4 is 12.0 Å². The van der Waals surface area contributed by atoms with E-state index in [-0.39, 0.29) is 5.91 Å². The summed E-state index contributed by atoms with van der Waals surface area (Å²) in [4.78, 5) is 15.9. The first-order valence-corrected chi connectivity index (χ1v) is 8.68. The first kappa shape index (κ1) is 16.5. The summed E-state index contributed by atoms with van der Waals surface area (Å²) in [7, 11) is 0. The molecule has 124 valence electrons. The minimum Gasteiger partial charge on any atom is -0.331 e. The summed E-state index contributed by atoms with van der Waals surface area (Å²) >= 11 is 0. The number of nitrogens with one attached hydrogen (secondary N) is 1. The number of carbonyl (C=O) groups excluding carboxylic acids is 1. The number of carbonyl (C=O) groups is 1. The number of rotatable bonds is 5. The van der Waals surface area contributed by atoms with Crippen molar-refractivity contribution in [2.24, 2.45) is 0 Å². The summed E-state index contributed by atoms with van der Waals surface area (Å²) in [6.45, 7) is 4.80. The third kappa shape index (κ3) is 4.80. The van der Waals surface area contributed by atoms with Gasteiger partial charge in [-0.1, -0.05) is 66.7 Å². The lowest BCUT2D eigenvalue weighted by atomic mass is 10.1. The molecule has 0 aromatic heterocycles. The zero-order chi connectivity index (χ0) is 16.6. The van der Waals surface area contributed by atoms with Crippen LogP contribution in [0.4, 0.5) is 0 Å². The molecule has 1 aliphatic heterocycles. The van der Waals surface area contributed by atoms with Gasteiger partial charge in [-0.2, -0.15) is 0 Å². The van der Waals surface area contributed by atoms with Crippen molar-refractivity contribution in [1.82, 2.24) is 4.90 Å². The number of benzene rings is 2. The Kier molecular flexibility index (Phi) is 5.80. The van der Waals surface area contributed by atoms with E-state index < -0.39 is 0 Å². The van der Waals surface area contributed by atoms with Crippen molar-refractivity contribution in [1.29, 1.82) is 0 Å². The Balaban J connectivity index is 1.42.